The number of rotatable bonds is 2. The minimum absolute atomic E-state index is 0.0752. The molecule has 8 nitrogen and oxygen atoms in total. The summed E-state index contributed by atoms with van der Waals surface area (Å²) in [6, 6.07) is 0. The van der Waals surface area contributed by atoms with E-state index in [-0.39, 0.29) is 23.7 Å². The van der Waals surface area contributed by atoms with Crippen LogP contribution in [0, 0.1) is 11.8 Å². The second kappa shape index (κ2) is 10.4. The van der Waals surface area contributed by atoms with Gasteiger partial charge in [0.2, 0.25) is 11.8 Å². The van der Waals surface area contributed by atoms with Gasteiger partial charge in [0.25, 0.3) is 0 Å². The van der Waals surface area contributed by atoms with Crippen molar-refractivity contribution in [1.29, 1.82) is 0 Å². The van der Waals surface area contributed by atoms with E-state index in [4.69, 9.17) is 10.5 Å². The van der Waals surface area contributed by atoms with Crippen LogP contribution in [-0.2, 0) is 14.3 Å². The fraction of sp³-hybridized carbons (Fsp3) is 0.824. The molecule has 144 valence electrons. The van der Waals surface area contributed by atoms with Crippen molar-refractivity contribution in [3.8, 4) is 0 Å². The molecule has 0 saturated carbocycles. The van der Waals surface area contributed by atoms with Crippen LogP contribution in [0.2, 0.25) is 0 Å². The van der Waals surface area contributed by atoms with E-state index in [9.17, 15) is 14.4 Å². The first-order valence-electron chi connectivity index (χ1n) is 8.93. The van der Waals surface area contributed by atoms with Crippen LogP contribution < -0.4 is 21.7 Å². The van der Waals surface area contributed by atoms with Crippen LogP contribution in [0.1, 0.15) is 46.5 Å². The van der Waals surface area contributed by atoms with Crippen molar-refractivity contribution < 1.29 is 19.1 Å². The Morgan fingerprint density at radius 3 is 1.72 bits per heavy atom. The molecule has 25 heavy (non-hydrogen) atoms. The van der Waals surface area contributed by atoms with Crippen LogP contribution in [0.25, 0.3) is 0 Å². The van der Waals surface area contributed by atoms with Crippen LogP contribution >= 0.6 is 0 Å². The Kier molecular flexibility index (Phi) is 8.85. The largest absolute Gasteiger partial charge is 0.444 e. The zero-order valence-corrected chi connectivity index (χ0v) is 15.5. The van der Waals surface area contributed by atoms with Gasteiger partial charge in [-0.05, 0) is 72.6 Å². The predicted molar refractivity (Wildman–Crippen MR) is 94.8 cm³/mol. The molecular formula is C17H32N4O4. The third-order valence-electron chi connectivity index (χ3n) is 4.08. The summed E-state index contributed by atoms with van der Waals surface area (Å²) >= 11 is 0. The standard InChI is InChI=1S/C11H20N2O3.C6H12N2O/c1-11(2,3)16-10(15)13-9(14)8-4-6-12-7-5-8;7-6(9)5-1-3-8-4-2-5/h8,12H,4-7H2,1-3H3,(H,13,14,15);5,8H,1-4H2,(H2,7,9). The number of alkyl carbamates (subject to hydrolysis) is 1. The van der Waals surface area contributed by atoms with Gasteiger partial charge in [0.05, 0.1) is 0 Å². The predicted octanol–water partition coefficient (Wildman–Crippen LogP) is 0.509. The number of carbonyl (C=O) groups excluding carboxylic acids is 3. The summed E-state index contributed by atoms with van der Waals surface area (Å²) in [6.07, 6.45) is 2.71. The van der Waals surface area contributed by atoms with Crippen molar-refractivity contribution in [3.05, 3.63) is 0 Å². The van der Waals surface area contributed by atoms with Gasteiger partial charge in [-0.15, -0.1) is 0 Å². The van der Waals surface area contributed by atoms with Crippen LogP contribution in [0.5, 0.6) is 0 Å². The molecule has 0 atom stereocenters. The molecule has 5 N–H and O–H groups in total. The second-order valence-electron chi connectivity index (χ2n) is 7.44. The van der Waals surface area contributed by atoms with E-state index in [1.165, 1.54) is 0 Å². The summed E-state index contributed by atoms with van der Waals surface area (Å²) < 4.78 is 5.01. The first-order chi connectivity index (χ1) is 11.7. The molecule has 0 aromatic carbocycles. The van der Waals surface area contributed by atoms with Gasteiger partial charge in [-0.2, -0.15) is 0 Å². The minimum Gasteiger partial charge on any atom is -0.444 e. The number of amides is 3. The van der Waals surface area contributed by atoms with E-state index in [2.05, 4.69) is 16.0 Å². The van der Waals surface area contributed by atoms with Crippen molar-refractivity contribution in [3.63, 3.8) is 0 Å². The van der Waals surface area contributed by atoms with Gasteiger partial charge in [0, 0.05) is 11.8 Å². The molecule has 2 heterocycles. The van der Waals surface area contributed by atoms with Crippen LogP contribution in [-0.4, -0.2) is 49.7 Å². The van der Waals surface area contributed by atoms with Gasteiger partial charge in [-0.1, -0.05) is 0 Å². The van der Waals surface area contributed by atoms with Gasteiger partial charge in [0.15, 0.2) is 0 Å². The molecule has 2 aliphatic heterocycles. The number of nitrogens with two attached hydrogens (primary N) is 1. The summed E-state index contributed by atoms with van der Waals surface area (Å²) in [7, 11) is 0. The smallest absolute Gasteiger partial charge is 0.414 e. The first-order valence-corrected chi connectivity index (χ1v) is 8.93. The summed E-state index contributed by atoms with van der Waals surface area (Å²) in [4.78, 5) is 33.5. The summed E-state index contributed by atoms with van der Waals surface area (Å²) in [5.41, 5.74) is 4.53. The number of ether oxygens (including phenoxy) is 1. The molecular weight excluding hydrogens is 324 g/mol. The van der Waals surface area contributed by atoms with E-state index in [1.54, 1.807) is 20.8 Å². The summed E-state index contributed by atoms with van der Waals surface area (Å²) in [6.45, 7) is 8.82. The Hall–Kier alpha value is -1.67. The molecule has 2 aliphatic rings. The molecule has 0 aromatic heterocycles. The lowest BCUT2D eigenvalue weighted by Crippen LogP contribution is -2.42. The SMILES string of the molecule is CC(C)(C)OC(=O)NC(=O)C1CCNCC1.NC(=O)C1CCNCC1. The van der Waals surface area contributed by atoms with Crippen LogP contribution in [0.4, 0.5) is 4.79 Å². The molecule has 0 spiro atoms. The monoisotopic (exact) mass is 356 g/mol. The van der Waals surface area contributed by atoms with E-state index >= 15 is 0 Å². The molecule has 2 saturated heterocycles. The number of hydrogen-bond acceptors (Lipinski definition) is 6. The highest BCUT2D eigenvalue weighted by molar-refractivity contribution is 5.93. The molecule has 0 bridgehead atoms. The number of imide groups is 1. The maximum atomic E-state index is 11.7. The Morgan fingerprint density at radius 1 is 0.920 bits per heavy atom. The van der Waals surface area contributed by atoms with E-state index in [1.807, 2.05) is 0 Å². The highest BCUT2D eigenvalue weighted by Gasteiger charge is 2.24. The first kappa shape index (κ1) is 21.4. The van der Waals surface area contributed by atoms with Crippen molar-refractivity contribution >= 4 is 17.9 Å². The molecule has 0 aromatic rings. The topological polar surface area (TPSA) is 123 Å². The average molecular weight is 356 g/mol. The lowest BCUT2D eigenvalue weighted by molar-refractivity contribution is -0.125. The van der Waals surface area contributed by atoms with E-state index in [0.717, 1.165) is 51.9 Å². The van der Waals surface area contributed by atoms with Gasteiger partial charge in [-0.3, -0.25) is 14.9 Å². The normalized spacial score (nSPS) is 19.3. The number of carbonyl (C=O) groups is 3. The van der Waals surface area contributed by atoms with Gasteiger partial charge in [0.1, 0.15) is 5.60 Å². The Labute approximate surface area is 149 Å². The van der Waals surface area contributed by atoms with E-state index < -0.39 is 11.7 Å². The second-order valence-corrected chi connectivity index (χ2v) is 7.44. The molecule has 0 radical (unpaired) electrons. The van der Waals surface area contributed by atoms with Crippen molar-refractivity contribution in [2.24, 2.45) is 17.6 Å². The summed E-state index contributed by atoms with van der Waals surface area (Å²) in [5.74, 6) is -0.313. The highest BCUT2D eigenvalue weighted by atomic mass is 16.6. The lowest BCUT2D eigenvalue weighted by Gasteiger charge is -2.23. The Bertz CT molecular complexity index is 450. The van der Waals surface area contributed by atoms with Crippen LogP contribution in [0.3, 0.4) is 0 Å². The van der Waals surface area contributed by atoms with Crippen molar-refractivity contribution in [1.82, 2.24) is 16.0 Å². The zero-order chi connectivity index (χ0) is 18.9. The molecule has 8 heteroatoms. The molecule has 3 amide bonds. The number of primary amides is 1. The fourth-order valence-corrected chi connectivity index (χ4v) is 2.70. The van der Waals surface area contributed by atoms with E-state index in [0.29, 0.717) is 0 Å². The lowest BCUT2D eigenvalue weighted by atomic mass is 9.97. The minimum atomic E-state index is -0.656. The highest BCUT2D eigenvalue weighted by Crippen LogP contribution is 2.12. The van der Waals surface area contributed by atoms with Crippen LogP contribution in [0.15, 0.2) is 0 Å². The van der Waals surface area contributed by atoms with Gasteiger partial charge >= 0.3 is 6.09 Å². The van der Waals surface area contributed by atoms with Crippen molar-refractivity contribution in [2.45, 2.75) is 52.1 Å². The Morgan fingerprint density at radius 2 is 1.36 bits per heavy atom. The maximum Gasteiger partial charge on any atom is 0.414 e. The zero-order valence-electron chi connectivity index (χ0n) is 15.5. The number of piperidine rings is 2. The van der Waals surface area contributed by atoms with Gasteiger partial charge in [-0.25, -0.2) is 4.79 Å². The van der Waals surface area contributed by atoms with Crippen molar-refractivity contribution in [2.75, 3.05) is 26.2 Å². The Balaban J connectivity index is 0.000000293. The molecule has 0 unspecified atom stereocenters. The third-order valence-corrected chi connectivity index (χ3v) is 4.08. The molecule has 2 rings (SSSR count). The molecule has 2 fully saturated rings. The number of nitrogens with one attached hydrogen (secondary N) is 3. The summed E-state index contributed by atoms with van der Waals surface area (Å²) in [5, 5.41) is 8.61. The average Bonchev–Trinajstić information content (AvgIpc) is 2.55. The number of hydrogen-bond donors (Lipinski definition) is 4. The third kappa shape index (κ3) is 9.40. The quantitative estimate of drug-likeness (QED) is 0.572. The maximum absolute atomic E-state index is 11.7. The molecule has 0 aliphatic carbocycles. The van der Waals surface area contributed by atoms with Gasteiger partial charge < -0.3 is 21.1 Å². The fourth-order valence-electron chi connectivity index (χ4n) is 2.70.